The Morgan fingerprint density at radius 2 is 0.403 bits per heavy atom. The normalized spacial score (nSPS) is 11.5. The lowest BCUT2D eigenvalue weighted by molar-refractivity contribution is 1.57. The molecule has 0 heterocycles. The standard InChI is InChI=1S/C62H40/c1-3-19-41(20-4-1)45-23-7-11-27-49(45)51-29-13-9-25-47(51)43-35-37-55-53-31-15-18-34-58(53)62-60-40-44(36-38-56(60)54-32-16-17-33-57(54)61(62)59(55)39-43)48-26-10-14-30-52(48)50-28-12-8-24-46(50)42-21-5-2-6-22-42/h1-40H. The van der Waals surface area contributed by atoms with Crippen molar-refractivity contribution in [1.29, 1.82) is 0 Å². The molecule has 0 saturated heterocycles. The first-order valence-corrected chi connectivity index (χ1v) is 21.5. The average molecular weight is 785 g/mol. The molecule has 0 spiro atoms. The molecule has 12 rings (SSSR count). The average Bonchev–Trinajstić information content (AvgIpc) is 3.36. The van der Waals surface area contributed by atoms with Crippen LogP contribution in [0.1, 0.15) is 0 Å². The van der Waals surface area contributed by atoms with Crippen LogP contribution in [0.2, 0.25) is 0 Å². The van der Waals surface area contributed by atoms with Crippen LogP contribution in [0.25, 0.3) is 121 Å². The molecule has 0 fully saturated rings. The maximum absolute atomic E-state index is 2.46. The molecule has 0 aliphatic carbocycles. The number of hydrogen-bond acceptors (Lipinski definition) is 0. The third-order valence-corrected chi connectivity index (χ3v) is 12.9. The van der Waals surface area contributed by atoms with Gasteiger partial charge in [-0.05, 0) is 133 Å². The van der Waals surface area contributed by atoms with Crippen LogP contribution < -0.4 is 0 Å². The predicted molar refractivity (Wildman–Crippen MR) is 267 cm³/mol. The minimum Gasteiger partial charge on any atom is -0.0622 e. The smallest absolute Gasteiger partial charge is 0.00137 e. The molecule has 288 valence electrons. The summed E-state index contributed by atoms with van der Waals surface area (Å²) in [5, 5.41) is 12.7. The van der Waals surface area contributed by atoms with E-state index in [2.05, 4.69) is 243 Å². The Morgan fingerprint density at radius 1 is 0.145 bits per heavy atom. The fourth-order valence-corrected chi connectivity index (χ4v) is 10.1. The minimum atomic E-state index is 1.21. The van der Waals surface area contributed by atoms with E-state index in [1.165, 1.54) is 121 Å². The maximum Gasteiger partial charge on any atom is -0.00137 e. The van der Waals surface area contributed by atoms with E-state index in [0.29, 0.717) is 0 Å². The Morgan fingerprint density at radius 3 is 0.758 bits per heavy atom. The molecule has 0 aliphatic rings. The number of benzene rings is 12. The van der Waals surface area contributed by atoms with Gasteiger partial charge in [0, 0.05) is 0 Å². The van der Waals surface area contributed by atoms with Crippen molar-refractivity contribution in [2.75, 3.05) is 0 Å². The van der Waals surface area contributed by atoms with Crippen LogP contribution in [0.4, 0.5) is 0 Å². The molecule has 0 unspecified atom stereocenters. The zero-order valence-corrected chi connectivity index (χ0v) is 34.1. The van der Waals surface area contributed by atoms with E-state index < -0.39 is 0 Å². The fourth-order valence-electron chi connectivity index (χ4n) is 10.1. The van der Waals surface area contributed by atoms with E-state index in [-0.39, 0.29) is 0 Å². The topological polar surface area (TPSA) is 0 Å². The highest BCUT2D eigenvalue weighted by Crippen LogP contribution is 2.47. The zero-order valence-electron chi connectivity index (χ0n) is 34.1. The van der Waals surface area contributed by atoms with Crippen molar-refractivity contribution >= 4 is 53.9 Å². The van der Waals surface area contributed by atoms with Gasteiger partial charge < -0.3 is 0 Å². The summed E-state index contributed by atoms with van der Waals surface area (Å²) in [5.74, 6) is 0. The highest BCUT2D eigenvalue weighted by molar-refractivity contribution is 6.40. The quantitative estimate of drug-likeness (QED) is 0.147. The second-order valence-corrected chi connectivity index (χ2v) is 16.3. The molecule has 0 saturated carbocycles. The maximum atomic E-state index is 2.46. The van der Waals surface area contributed by atoms with E-state index in [1.807, 2.05) is 0 Å². The number of fused-ring (bicyclic) bond motifs is 11. The largest absolute Gasteiger partial charge is 0.0622 e. The molecule has 0 aromatic heterocycles. The van der Waals surface area contributed by atoms with Gasteiger partial charge in [0.15, 0.2) is 0 Å². The second-order valence-electron chi connectivity index (χ2n) is 16.3. The van der Waals surface area contributed by atoms with E-state index in [1.54, 1.807) is 0 Å². The summed E-state index contributed by atoms with van der Waals surface area (Å²) in [4.78, 5) is 0. The SMILES string of the molecule is c1ccc(-c2ccccc2-c2ccccc2-c2ccc3c4ccccc4c4c5cc(-c6ccccc6-c6ccccc6-c6ccccc6)ccc5c5ccccc5c4c3c2)cc1. The molecular weight excluding hydrogens is 745 g/mol. The van der Waals surface area contributed by atoms with Gasteiger partial charge in [0.25, 0.3) is 0 Å². The van der Waals surface area contributed by atoms with Gasteiger partial charge in [-0.2, -0.15) is 0 Å². The molecule has 12 aromatic rings. The lowest BCUT2D eigenvalue weighted by Crippen LogP contribution is -1.92. The summed E-state index contributed by atoms with van der Waals surface area (Å²) in [5.41, 5.74) is 14.7. The molecule has 0 bridgehead atoms. The van der Waals surface area contributed by atoms with Crippen molar-refractivity contribution in [3.05, 3.63) is 243 Å². The van der Waals surface area contributed by atoms with E-state index >= 15 is 0 Å². The highest BCUT2D eigenvalue weighted by atomic mass is 14.2. The molecule has 0 amide bonds. The van der Waals surface area contributed by atoms with E-state index in [9.17, 15) is 0 Å². The first-order valence-electron chi connectivity index (χ1n) is 21.5. The van der Waals surface area contributed by atoms with Crippen molar-refractivity contribution in [2.45, 2.75) is 0 Å². The van der Waals surface area contributed by atoms with Crippen LogP contribution in [-0.2, 0) is 0 Å². The number of hydrogen-bond donors (Lipinski definition) is 0. The minimum absolute atomic E-state index is 1.21. The van der Waals surface area contributed by atoms with Crippen LogP contribution in [0, 0.1) is 0 Å². The monoisotopic (exact) mass is 784 g/mol. The van der Waals surface area contributed by atoms with Crippen LogP contribution in [0.5, 0.6) is 0 Å². The van der Waals surface area contributed by atoms with Crippen LogP contribution in [0.3, 0.4) is 0 Å². The van der Waals surface area contributed by atoms with Crippen molar-refractivity contribution in [3.8, 4) is 66.8 Å². The van der Waals surface area contributed by atoms with E-state index in [4.69, 9.17) is 0 Å². The fraction of sp³-hybridized carbons (Fsp3) is 0. The molecule has 0 N–H and O–H groups in total. The van der Waals surface area contributed by atoms with Gasteiger partial charge in [-0.25, -0.2) is 0 Å². The Balaban J connectivity index is 1.13. The van der Waals surface area contributed by atoms with Crippen molar-refractivity contribution in [1.82, 2.24) is 0 Å². The van der Waals surface area contributed by atoms with Gasteiger partial charge in [-0.15, -0.1) is 0 Å². The van der Waals surface area contributed by atoms with Gasteiger partial charge in [-0.1, -0.05) is 231 Å². The van der Waals surface area contributed by atoms with Crippen molar-refractivity contribution in [2.24, 2.45) is 0 Å². The molecule has 0 heteroatoms. The van der Waals surface area contributed by atoms with E-state index in [0.717, 1.165) is 0 Å². The molecular formula is C62H40. The van der Waals surface area contributed by atoms with Crippen molar-refractivity contribution in [3.63, 3.8) is 0 Å². The predicted octanol–water partition coefficient (Wildman–Crippen LogP) is 17.5. The first kappa shape index (κ1) is 35.8. The molecule has 62 heavy (non-hydrogen) atoms. The van der Waals surface area contributed by atoms with Gasteiger partial charge in [0.1, 0.15) is 0 Å². The zero-order chi connectivity index (χ0) is 41.0. The molecule has 0 atom stereocenters. The summed E-state index contributed by atoms with van der Waals surface area (Å²) in [6.07, 6.45) is 0. The Labute approximate surface area is 361 Å². The summed E-state index contributed by atoms with van der Waals surface area (Å²) in [6, 6.07) is 89.3. The Hall–Kier alpha value is -8.06. The summed E-state index contributed by atoms with van der Waals surface area (Å²) in [7, 11) is 0. The van der Waals surface area contributed by atoms with Gasteiger partial charge in [0.2, 0.25) is 0 Å². The molecule has 0 nitrogen and oxygen atoms in total. The summed E-state index contributed by atoms with van der Waals surface area (Å²) in [6.45, 7) is 0. The highest BCUT2D eigenvalue weighted by Gasteiger charge is 2.20. The van der Waals surface area contributed by atoms with Crippen molar-refractivity contribution < 1.29 is 0 Å². The molecule has 0 aliphatic heterocycles. The Bertz CT molecular complexity index is 3430. The third-order valence-electron chi connectivity index (χ3n) is 12.9. The van der Waals surface area contributed by atoms with Crippen LogP contribution >= 0.6 is 0 Å². The number of rotatable bonds is 6. The molecule has 12 aromatic carbocycles. The summed E-state index contributed by atoms with van der Waals surface area (Å²) < 4.78 is 0. The van der Waals surface area contributed by atoms with Gasteiger partial charge in [0.05, 0.1) is 0 Å². The molecule has 0 radical (unpaired) electrons. The van der Waals surface area contributed by atoms with Crippen LogP contribution in [0.15, 0.2) is 243 Å². The third kappa shape index (κ3) is 5.84. The van der Waals surface area contributed by atoms with Gasteiger partial charge >= 0.3 is 0 Å². The van der Waals surface area contributed by atoms with Crippen LogP contribution in [-0.4, -0.2) is 0 Å². The first-order chi connectivity index (χ1) is 30.8. The second kappa shape index (κ2) is 14.9. The lowest BCUT2D eigenvalue weighted by Gasteiger charge is -2.19. The summed E-state index contributed by atoms with van der Waals surface area (Å²) >= 11 is 0. The lowest BCUT2D eigenvalue weighted by atomic mass is 9.84. The van der Waals surface area contributed by atoms with Gasteiger partial charge in [-0.3, -0.25) is 0 Å². The Kier molecular flexibility index (Phi) is 8.61.